The summed E-state index contributed by atoms with van der Waals surface area (Å²) < 4.78 is 26.4. The highest BCUT2D eigenvalue weighted by atomic mass is 32.2. The van der Waals surface area contributed by atoms with Crippen molar-refractivity contribution in [3.8, 4) is 6.07 Å². The molecule has 7 nitrogen and oxygen atoms in total. The maximum Gasteiger partial charge on any atom is 0.273 e. The van der Waals surface area contributed by atoms with Crippen molar-refractivity contribution in [1.29, 1.82) is 5.26 Å². The van der Waals surface area contributed by atoms with Crippen molar-refractivity contribution < 1.29 is 18.0 Å². The molecule has 0 saturated heterocycles. The molecule has 1 aromatic carbocycles. The van der Waals surface area contributed by atoms with Gasteiger partial charge in [0.2, 0.25) is 5.91 Å². The molecule has 2 aromatic rings. The van der Waals surface area contributed by atoms with Gasteiger partial charge in [-0.05, 0) is 30.3 Å². The molecule has 2 amide bonds. The Morgan fingerprint density at radius 2 is 2.00 bits per heavy atom. The number of benzene rings is 1. The zero-order chi connectivity index (χ0) is 17.7. The van der Waals surface area contributed by atoms with E-state index < -0.39 is 15.9 Å². The highest BCUT2D eigenvalue weighted by molar-refractivity contribution is 7.92. The normalized spacial score (nSPS) is 10.7. The van der Waals surface area contributed by atoms with Gasteiger partial charge >= 0.3 is 0 Å². The summed E-state index contributed by atoms with van der Waals surface area (Å²) in [5.74, 6) is -1.04. The fraction of sp³-hybridized carbons (Fsp3) is 0.133. The Morgan fingerprint density at radius 1 is 1.25 bits per heavy atom. The van der Waals surface area contributed by atoms with Crippen molar-refractivity contribution in [2.24, 2.45) is 0 Å². The highest BCUT2D eigenvalue weighted by Gasteiger charge is 2.21. The SMILES string of the molecule is CC(=O)NCc1ccc(S(=O)(=O)NC(=O)c2cccc(C#N)c2)s1. The first kappa shape index (κ1) is 17.7. The van der Waals surface area contributed by atoms with E-state index in [0.29, 0.717) is 4.88 Å². The van der Waals surface area contributed by atoms with Gasteiger partial charge in [-0.15, -0.1) is 11.3 Å². The summed E-state index contributed by atoms with van der Waals surface area (Å²) in [5.41, 5.74) is 0.335. The number of thiophene rings is 1. The quantitative estimate of drug-likeness (QED) is 0.832. The van der Waals surface area contributed by atoms with Gasteiger partial charge in [-0.25, -0.2) is 13.1 Å². The second-order valence-corrected chi connectivity index (χ2v) is 7.84. The number of rotatable bonds is 5. The molecule has 0 aliphatic heterocycles. The number of hydrogen-bond acceptors (Lipinski definition) is 6. The summed E-state index contributed by atoms with van der Waals surface area (Å²) in [6, 6.07) is 10.5. The Hall–Kier alpha value is -2.70. The first-order chi connectivity index (χ1) is 11.3. The summed E-state index contributed by atoms with van der Waals surface area (Å²) in [5, 5.41) is 11.4. The van der Waals surface area contributed by atoms with Gasteiger partial charge in [-0.3, -0.25) is 9.59 Å². The summed E-state index contributed by atoms with van der Waals surface area (Å²) in [6.45, 7) is 1.58. The van der Waals surface area contributed by atoms with Crippen LogP contribution in [0.15, 0.2) is 40.6 Å². The Kier molecular flexibility index (Phi) is 5.33. The zero-order valence-electron chi connectivity index (χ0n) is 12.6. The average Bonchev–Trinajstić information content (AvgIpc) is 3.02. The number of nitrogens with one attached hydrogen (secondary N) is 2. The van der Waals surface area contributed by atoms with Crippen LogP contribution in [0.4, 0.5) is 0 Å². The van der Waals surface area contributed by atoms with Crippen molar-refractivity contribution in [2.45, 2.75) is 17.7 Å². The second kappa shape index (κ2) is 7.25. The molecule has 1 aromatic heterocycles. The van der Waals surface area contributed by atoms with E-state index in [9.17, 15) is 18.0 Å². The minimum Gasteiger partial charge on any atom is -0.351 e. The van der Waals surface area contributed by atoms with E-state index >= 15 is 0 Å². The fourth-order valence-corrected chi connectivity index (χ4v) is 4.04. The lowest BCUT2D eigenvalue weighted by atomic mass is 10.1. The molecule has 0 fully saturated rings. The molecule has 0 atom stereocenters. The molecule has 9 heteroatoms. The lowest BCUT2D eigenvalue weighted by molar-refractivity contribution is -0.119. The molecule has 24 heavy (non-hydrogen) atoms. The van der Waals surface area contributed by atoms with Crippen molar-refractivity contribution >= 4 is 33.2 Å². The maximum atomic E-state index is 12.2. The number of carbonyl (C=O) groups excluding carboxylic acids is 2. The fourth-order valence-electron chi connectivity index (χ4n) is 1.77. The van der Waals surface area contributed by atoms with Gasteiger partial charge in [0.15, 0.2) is 0 Å². The van der Waals surface area contributed by atoms with E-state index in [4.69, 9.17) is 5.26 Å². The molecule has 0 aliphatic rings. The monoisotopic (exact) mass is 363 g/mol. The maximum absolute atomic E-state index is 12.2. The second-order valence-electron chi connectivity index (χ2n) is 4.76. The number of hydrogen-bond donors (Lipinski definition) is 2. The minimum atomic E-state index is -4.02. The van der Waals surface area contributed by atoms with Gasteiger partial charge in [0.05, 0.1) is 18.2 Å². The zero-order valence-corrected chi connectivity index (χ0v) is 14.2. The Balaban J connectivity index is 2.14. The van der Waals surface area contributed by atoms with E-state index in [1.165, 1.54) is 37.3 Å². The van der Waals surface area contributed by atoms with Crippen LogP contribution in [0.5, 0.6) is 0 Å². The van der Waals surface area contributed by atoms with Crippen LogP contribution in [0.2, 0.25) is 0 Å². The predicted octanol–water partition coefficient (Wildman–Crippen LogP) is 1.37. The van der Waals surface area contributed by atoms with Crippen LogP contribution in [0.1, 0.15) is 27.7 Å². The van der Waals surface area contributed by atoms with Crippen molar-refractivity contribution in [3.63, 3.8) is 0 Å². The van der Waals surface area contributed by atoms with Crippen LogP contribution in [0, 0.1) is 11.3 Å². The minimum absolute atomic E-state index is 0.0346. The van der Waals surface area contributed by atoms with Gasteiger partial charge in [0.25, 0.3) is 15.9 Å². The largest absolute Gasteiger partial charge is 0.351 e. The number of nitriles is 1. The van der Waals surface area contributed by atoms with Crippen LogP contribution in [0.25, 0.3) is 0 Å². The van der Waals surface area contributed by atoms with Gasteiger partial charge in [0, 0.05) is 17.4 Å². The number of sulfonamides is 1. The lowest BCUT2D eigenvalue weighted by Crippen LogP contribution is -2.30. The lowest BCUT2D eigenvalue weighted by Gasteiger charge is -2.05. The van der Waals surface area contributed by atoms with Crippen LogP contribution in [0.3, 0.4) is 0 Å². The molecule has 2 rings (SSSR count). The Bertz CT molecular complexity index is 926. The topological polar surface area (TPSA) is 116 Å². The van der Waals surface area contributed by atoms with Crippen molar-refractivity contribution in [1.82, 2.24) is 10.0 Å². The summed E-state index contributed by atoms with van der Waals surface area (Å²) in [4.78, 5) is 23.6. The van der Waals surface area contributed by atoms with E-state index in [2.05, 4.69) is 5.32 Å². The summed E-state index contributed by atoms with van der Waals surface area (Å²) in [7, 11) is -4.02. The van der Waals surface area contributed by atoms with Crippen molar-refractivity contribution in [3.05, 3.63) is 52.4 Å². The van der Waals surface area contributed by atoms with Gasteiger partial charge in [0.1, 0.15) is 4.21 Å². The smallest absolute Gasteiger partial charge is 0.273 e. The van der Waals surface area contributed by atoms with Crippen LogP contribution < -0.4 is 10.0 Å². The first-order valence-electron chi connectivity index (χ1n) is 6.72. The van der Waals surface area contributed by atoms with Gasteiger partial charge < -0.3 is 5.32 Å². The predicted molar refractivity (Wildman–Crippen MR) is 87.6 cm³/mol. The number of nitrogens with zero attached hydrogens (tertiary/aromatic N) is 1. The molecule has 0 saturated carbocycles. The first-order valence-corrected chi connectivity index (χ1v) is 9.02. The van der Waals surface area contributed by atoms with E-state index in [1.54, 1.807) is 6.07 Å². The average molecular weight is 363 g/mol. The molecule has 0 bridgehead atoms. The Labute approximate surface area is 143 Å². The molecule has 0 spiro atoms. The van der Waals surface area contributed by atoms with Crippen molar-refractivity contribution in [2.75, 3.05) is 0 Å². The van der Waals surface area contributed by atoms with Crippen LogP contribution in [-0.2, 0) is 21.4 Å². The Morgan fingerprint density at radius 3 is 2.67 bits per heavy atom. The van der Waals surface area contributed by atoms with Gasteiger partial charge in [-0.2, -0.15) is 5.26 Å². The third-order valence-corrected chi connectivity index (χ3v) is 5.80. The van der Waals surface area contributed by atoms with E-state index in [1.807, 2.05) is 10.8 Å². The molecule has 2 N–H and O–H groups in total. The standard InChI is InChI=1S/C15H13N3O4S2/c1-10(19)17-9-13-5-6-14(23-13)24(21,22)18-15(20)12-4-2-3-11(7-12)8-16/h2-7H,9H2,1H3,(H,17,19)(H,18,20). The number of carbonyl (C=O) groups is 2. The molecular formula is C15H13N3O4S2. The molecule has 124 valence electrons. The molecule has 0 radical (unpaired) electrons. The molecule has 0 aliphatic carbocycles. The molecule has 1 heterocycles. The van der Waals surface area contributed by atoms with Crippen LogP contribution in [-0.4, -0.2) is 20.2 Å². The molecular weight excluding hydrogens is 350 g/mol. The third kappa shape index (κ3) is 4.41. The van der Waals surface area contributed by atoms with E-state index in [0.717, 1.165) is 11.3 Å². The van der Waals surface area contributed by atoms with Crippen LogP contribution >= 0.6 is 11.3 Å². The summed E-state index contributed by atoms with van der Waals surface area (Å²) in [6.07, 6.45) is 0. The van der Waals surface area contributed by atoms with E-state index in [-0.39, 0.29) is 27.8 Å². The third-order valence-electron chi connectivity index (χ3n) is 2.89. The highest BCUT2D eigenvalue weighted by Crippen LogP contribution is 2.21. The summed E-state index contributed by atoms with van der Waals surface area (Å²) >= 11 is 0.957. The number of amides is 2. The molecule has 0 unspecified atom stereocenters. The van der Waals surface area contributed by atoms with Gasteiger partial charge in [-0.1, -0.05) is 6.07 Å².